The van der Waals surface area contributed by atoms with Gasteiger partial charge < -0.3 is 21.5 Å². The quantitative estimate of drug-likeness (QED) is 0.427. The van der Waals surface area contributed by atoms with Crippen molar-refractivity contribution >= 4 is 29.3 Å². The molecule has 0 aromatic heterocycles. The molecule has 5 N–H and O–H groups in total. The van der Waals surface area contributed by atoms with Crippen LogP contribution in [-0.2, 0) is 9.59 Å². The summed E-state index contributed by atoms with van der Waals surface area (Å²) in [4.78, 5) is 42.9. The molecule has 112 valence electrons. The number of carbonyl (C=O) groups is 3. The molecule has 3 amide bonds. The van der Waals surface area contributed by atoms with Crippen LogP contribution in [0.15, 0.2) is 24.3 Å². The second-order valence-electron chi connectivity index (χ2n) is 3.96. The summed E-state index contributed by atoms with van der Waals surface area (Å²) < 4.78 is 0. The molecule has 10 nitrogen and oxygen atoms in total. The van der Waals surface area contributed by atoms with Gasteiger partial charge in [-0.1, -0.05) is 0 Å². The molecule has 0 aliphatic carbocycles. The third-order valence-electron chi connectivity index (χ3n) is 2.34. The van der Waals surface area contributed by atoms with Crippen LogP contribution in [0.4, 0.5) is 16.2 Å². The average molecular weight is 296 g/mol. The number of nitrogens with one attached hydrogen (secondary N) is 2. The zero-order chi connectivity index (χ0) is 16.0. The van der Waals surface area contributed by atoms with E-state index >= 15 is 0 Å². The van der Waals surface area contributed by atoms with Crippen LogP contribution in [0.25, 0.3) is 0 Å². The van der Waals surface area contributed by atoms with Gasteiger partial charge in [-0.3, -0.25) is 14.9 Å². The molecule has 0 spiro atoms. The minimum absolute atomic E-state index is 0.155. The predicted octanol–water partition coefficient (Wildman–Crippen LogP) is 0.0449. The lowest BCUT2D eigenvalue weighted by Crippen LogP contribution is -2.45. The second-order valence-corrected chi connectivity index (χ2v) is 3.96. The van der Waals surface area contributed by atoms with Crippen molar-refractivity contribution in [3.05, 3.63) is 34.4 Å². The van der Waals surface area contributed by atoms with Crippen molar-refractivity contribution in [3.8, 4) is 0 Å². The Kier molecular flexibility index (Phi) is 5.17. The molecule has 1 rings (SSSR count). The SMILES string of the molecule is NC(=O)C[C@H](NC(=O)Nc1ccc([N+](=O)[O-])cc1)C(=O)O. The highest BCUT2D eigenvalue weighted by Crippen LogP contribution is 2.15. The Morgan fingerprint density at radius 3 is 2.29 bits per heavy atom. The van der Waals surface area contributed by atoms with Gasteiger partial charge >= 0.3 is 12.0 Å². The molecule has 0 radical (unpaired) electrons. The van der Waals surface area contributed by atoms with Crippen molar-refractivity contribution in [1.82, 2.24) is 5.32 Å². The predicted molar refractivity (Wildman–Crippen MR) is 70.5 cm³/mol. The Bertz CT molecular complexity index is 571. The average Bonchev–Trinajstić information content (AvgIpc) is 2.37. The summed E-state index contributed by atoms with van der Waals surface area (Å²) in [6.07, 6.45) is -0.553. The molecule has 0 aliphatic rings. The van der Waals surface area contributed by atoms with E-state index in [0.717, 1.165) is 0 Å². The number of non-ortho nitro benzene ring substituents is 1. The third-order valence-corrected chi connectivity index (χ3v) is 2.34. The Labute approximate surface area is 118 Å². The number of hydrogen-bond acceptors (Lipinski definition) is 5. The van der Waals surface area contributed by atoms with Crippen molar-refractivity contribution in [3.63, 3.8) is 0 Å². The largest absolute Gasteiger partial charge is 0.480 e. The van der Waals surface area contributed by atoms with Crippen LogP contribution in [-0.4, -0.2) is 34.0 Å². The molecular formula is C11H12N4O6. The number of nitrogens with zero attached hydrogens (tertiary/aromatic N) is 1. The summed E-state index contributed by atoms with van der Waals surface area (Å²) >= 11 is 0. The molecule has 0 fully saturated rings. The van der Waals surface area contributed by atoms with Gasteiger partial charge in [0.1, 0.15) is 6.04 Å². The van der Waals surface area contributed by atoms with Crippen LogP contribution in [0.5, 0.6) is 0 Å². The topological polar surface area (TPSA) is 165 Å². The fourth-order valence-electron chi connectivity index (χ4n) is 1.39. The van der Waals surface area contributed by atoms with Gasteiger partial charge in [0, 0.05) is 17.8 Å². The van der Waals surface area contributed by atoms with Gasteiger partial charge in [0.2, 0.25) is 5.91 Å². The summed E-state index contributed by atoms with van der Waals surface area (Å²) in [7, 11) is 0. The van der Waals surface area contributed by atoms with E-state index < -0.39 is 35.3 Å². The number of nitro groups is 1. The number of nitrogens with two attached hydrogens (primary N) is 1. The molecule has 1 aromatic carbocycles. The van der Waals surface area contributed by atoms with Crippen LogP contribution in [0.1, 0.15) is 6.42 Å². The van der Waals surface area contributed by atoms with Gasteiger partial charge in [-0.2, -0.15) is 0 Å². The van der Waals surface area contributed by atoms with E-state index in [1.807, 2.05) is 5.32 Å². The summed E-state index contributed by atoms with van der Waals surface area (Å²) in [5.41, 5.74) is 4.94. The number of amides is 3. The lowest BCUT2D eigenvalue weighted by Gasteiger charge is -2.13. The first-order valence-corrected chi connectivity index (χ1v) is 5.62. The lowest BCUT2D eigenvalue weighted by atomic mass is 10.2. The number of primary amides is 1. The first kappa shape index (κ1) is 15.9. The lowest BCUT2D eigenvalue weighted by molar-refractivity contribution is -0.384. The van der Waals surface area contributed by atoms with Gasteiger partial charge in [0.05, 0.1) is 11.3 Å². The Morgan fingerprint density at radius 2 is 1.86 bits per heavy atom. The Balaban J connectivity index is 2.65. The van der Waals surface area contributed by atoms with Crippen molar-refractivity contribution < 1.29 is 24.4 Å². The maximum absolute atomic E-state index is 11.6. The minimum Gasteiger partial charge on any atom is -0.480 e. The summed E-state index contributed by atoms with van der Waals surface area (Å²) in [5.74, 6) is -2.29. The minimum atomic E-state index is -1.46. The molecule has 1 aromatic rings. The van der Waals surface area contributed by atoms with Crippen molar-refractivity contribution in [1.29, 1.82) is 0 Å². The van der Waals surface area contributed by atoms with Gasteiger partial charge in [-0.15, -0.1) is 0 Å². The zero-order valence-corrected chi connectivity index (χ0v) is 10.6. The number of rotatable bonds is 6. The van der Waals surface area contributed by atoms with Crippen molar-refractivity contribution in [2.24, 2.45) is 5.73 Å². The monoisotopic (exact) mass is 296 g/mol. The van der Waals surface area contributed by atoms with Crippen LogP contribution in [0.3, 0.4) is 0 Å². The van der Waals surface area contributed by atoms with E-state index in [1.165, 1.54) is 24.3 Å². The number of urea groups is 1. The summed E-state index contributed by atoms with van der Waals surface area (Å²) in [5, 5.41) is 23.6. The molecule has 0 aliphatic heterocycles. The molecule has 0 saturated heterocycles. The molecule has 21 heavy (non-hydrogen) atoms. The number of nitro benzene ring substituents is 1. The first-order valence-electron chi connectivity index (χ1n) is 5.62. The highest BCUT2D eigenvalue weighted by atomic mass is 16.6. The van der Waals surface area contributed by atoms with Gasteiger partial charge in [0.15, 0.2) is 0 Å². The number of carbonyl (C=O) groups excluding carboxylic acids is 2. The van der Waals surface area contributed by atoms with E-state index in [1.54, 1.807) is 0 Å². The zero-order valence-electron chi connectivity index (χ0n) is 10.6. The molecule has 0 bridgehead atoms. The van der Waals surface area contributed by atoms with Crippen molar-refractivity contribution in [2.75, 3.05) is 5.32 Å². The number of aliphatic carboxylic acids is 1. The van der Waals surface area contributed by atoms with Crippen LogP contribution < -0.4 is 16.4 Å². The molecular weight excluding hydrogens is 284 g/mol. The highest BCUT2D eigenvalue weighted by Gasteiger charge is 2.22. The fourth-order valence-corrected chi connectivity index (χ4v) is 1.39. The molecule has 0 unspecified atom stereocenters. The van der Waals surface area contributed by atoms with E-state index in [9.17, 15) is 24.5 Å². The Hall–Kier alpha value is -3.17. The first-order chi connectivity index (χ1) is 9.79. The molecule has 10 heteroatoms. The maximum Gasteiger partial charge on any atom is 0.326 e. The smallest absolute Gasteiger partial charge is 0.326 e. The van der Waals surface area contributed by atoms with Gasteiger partial charge in [-0.05, 0) is 12.1 Å². The van der Waals surface area contributed by atoms with E-state index in [0.29, 0.717) is 0 Å². The van der Waals surface area contributed by atoms with Gasteiger partial charge in [-0.25, -0.2) is 9.59 Å². The van der Waals surface area contributed by atoms with Crippen molar-refractivity contribution in [2.45, 2.75) is 12.5 Å². The summed E-state index contributed by atoms with van der Waals surface area (Å²) in [6, 6.07) is 2.57. The normalized spacial score (nSPS) is 11.2. The number of carboxylic acid groups (broad SMARTS) is 1. The van der Waals surface area contributed by atoms with E-state index in [2.05, 4.69) is 5.32 Å². The van der Waals surface area contributed by atoms with Crippen LogP contribution in [0, 0.1) is 10.1 Å². The van der Waals surface area contributed by atoms with Crippen LogP contribution >= 0.6 is 0 Å². The van der Waals surface area contributed by atoms with E-state index in [-0.39, 0.29) is 11.4 Å². The highest BCUT2D eigenvalue weighted by molar-refractivity contribution is 5.93. The fraction of sp³-hybridized carbons (Fsp3) is 0.182. The maximum atomic E-state index is 11.6. The number of carboxylic acids is 1. The number of benzene rings is 1. The molecule has 0 heterocycles. The summed E-state index contributed by atoms with van der Waals surface area (Å²) in [6.45, 7) is 0. The van der Waals surface area contributed by atoms with E-state index in [4.69, 9.17) is 10.8 Å². The number of hydrogen-bond donors (Lipinski definition) is 4. The third kappa shape index (κ3) is 5.14. The van der Waals surface area contributed by atoms with Gasteiger partial charge in [0.25, 0.3) is 5.69 Å². The number of anilines is 1. The van der Waals surface area contributed by atoms with Crippen LogP contribution in [0.2, 0.25) is 0 Å². The second kappa shape index (κ2) is 6.84. The standard InChI is InChI=1S/C11H12N4O6/c12-9(16)5-8(10(17)18)14-11(19)13-6-1-3-7(4-2-6)15(20)21/h1-4,8H,5H2,(H2,12,16)(H,17,18)(H2,13,14,19)/t8-/m0/s1. The molecule has 0 saturated carbocycles. The molecule has 1 atom stereocenters. The Morgan fingerprint density at radius 1 is 1.29 bits per heavy atom.